The normalized spacial score (nSPS) is 15.2. The van der Waals surface area contributed by atoms with Crippen molar-refractivity contribution in [3.63, 3.8) is 0 Å². The van der Waals surface area contributed by atoms with Crippen LogP contribution in [0.2, 0.25) is 0 Å². The van der Waals surface area contributed by atoms with Gasteiger partial charge in [0, 0.05) is 0 Å². The highest BCUT2D eigenvalue weighted by Gasteiger charge is 2.31. The predicted molar refractivity (Wildman–Crippen MR) is 102 cm³/mol. The van der Waals surface area contributed by atoms with Crippen molar-refractivity contribution in [3.05, 3.63) is 0 Å². The molecular weight excluding hydrogens is 370 g/mol. The Labute approximate surface area is 164 Å². The second kappa shape index (κ2) is 13.0. The van der Waals surface area contributed by atoms with E-state index in [2.05, 4.69) is 16.0 Å². The van der Waals surface area contributed by atoms with Crippen LogP contribution in [0, 0.1) is 5.92 Å². The second-order valence-corrected chi connectivity index (χ2v) is 6.95. The molecule has 0 saturated carbocycles. The monoisotopic (exact) mass is 403 g/mol. The number of nitrogens with two attached hydrogens (primary N) is 2. The summed E-state index contributed by atoms with van der Waals surface area (Å²) >= 11 is 0. The number of amides is 3. The molecule has 28 heavy (non-hydrogen) atoms. The van der Waals surface area contributed by atoms with E-state index in [1.807, 2.05) is 0 Å². The number of hydrogen-bond donors (Lipinski definition) is 7. The smallest absolute Gasteiger partial charge is 0.326 e. The summed E-state index contributed by atoms with van der Waals surface area (Å²) in [5.41, 5.74) is 10.8. The highest BCUT2D eigenvalue weighted by Crippen LogP contribution is 2.06. The van der Waals surface area contributed by atoms with Crippen molar-refractivity contribution >= 4 is 23.7 Å². The molecule has 3 amide bonds. The zero-order valence-corrected chi connectivity index (χ0v) is 16.6. The Hall–Kier alpha value is -2.24. The number of rotatable bonds is 13. The van der Waals surface area contributed by atoms with Gasteiger partial charge in [0.25, 0.3) is 0 Å². The van der Waals surface area contributed by atoms with Crippen LogP contribution in [-0.4, -0.2) is 71.2 Å². The zero-order chi connectivity index (χ0) is 21.9. The molecule has 11 heteroatoms. The number of aliphatic hydroxyl groups excluding tert-OH is 1. The Bertz CT molecular complexity index is 540. The quantitative estimate of drug-likeness (QED) is 0.166. The third kappa shape index (κ3) is 9.11. The van der Waals surface area contributed by atoms with Gasteiger partial charge in [-0.1, -0.05) is 13.8 Å². The molecule has 0 fully saturated rings. The molecule has 9 N–H and O–H groups in total. The topological polar surface area (TPSA) is 197 Å². The maximum Gasteiger partial charge on any atom is 0.326 e. The fourth-order valence-electron chi connectivity index (χ4n) is 2.30. The van der Waals surface area contributed by atoms with Gasteiger partial charge in [0.05, 0.1) is 12.6 Å². The van der Waals surface area contributed by atoms with Crippen molar-refractivity contribution in [3.8, 4) is 0 Å². The number of aliphatic hydroxyl groups is 1. The highest BCUT2D eigenvalue weighted by molar-refractivity contribution is 5.94. The number of carboxylic acids is 1. The minimum absolute atomic E-state index is 0.209. The van der Waals surface area contributed by atoms with Crippen LogP contribution in [0.5, 0.6) is 0 Å². The van der Waals surface area contributed by atoms with Crippen molar-refractivity contribution < 1.29 is 29.4 Å². The molecule has 0 radical (unpaired) electrons. The zero-order valence-electron chi connectivity index (χ0n) is 16.6. The third-order valence-electron chi connectivity index (χ3n) is 4.04. The first-order valence-corrected chi connectivity index (χ1v) is 9.25. The van der Waals surface area contributed by atoms with Crippen LogP contribution in [-0.2, 0) is 19.2 Å². The molecule has 0 aromatic heterocycles. The Morgan fingerprint density at radius 1 is 0.893 bits per heavy atom. The standard InChI is InChI=1S/C17H33N5O6/c1-9(2)13(16(26)20-11(17(27)28)6-4-5-7-18)22-15(25)12(8-23)21-14(24)10(3)19/h9-13,23H,4-8,18-19H2,1-3H3,(H,20,26)(H,21,24)(H,22,25)(H,27,28). The molecule has 0 rings (SSSR count). The summed E-state index contributed by atoms with van der Waals surface area (Å²) in [6.07, 6.45) is 1.37. The van der Waals surface area contributed by atoms with E-state index in [0.29, 0.717) is 19.4 Å². The minimum Gasteiger partial charge on any atom is -0.480 e. The van der Waals surface area contributed by atoms with Crippen LogP contribution in [0.1, 0.15) is 40.0 Å². The number of nitrogens with one attached hydrogen (secondary N) is 3. The number of carboxylic acid groups (broad SMARTS) is 1. The molecule has 0 aliphatic rings. The molecule has 4 unspecified atom stereocenters. The lowest BCUT2D eigenvalue weighted by Gasteiger charge is -2.26. The number of unbranched alkanes of at least 4 members (excludes halogenated alkanes) is 1. The van der Waals surface area contributed by atoms with Gasteiger partial charge in [-0.15, -0.1) is 0 Å². The molecule has 4 atom stereocenters. The van der Waals surface area contributed by atoms with E-state index in [1.165, 1.54) is 6.92 Å². The Morgan fingerprint density at radius 3 is 1.89 bits per heavy atom. The van der Waals surface area contributed by atoms with E-state index in [4.69, 9.17) is 11.5 Å². The van der Waals surface area contributed by atoms with Crippen molar-refractivity contribution in [2.24, 2.45) is 17.4 Å². The van der Waals surface area contributed by atoms with Crippen molar-refractivity contribution in [1.82, 2.24) is 16.0 Å². The summed E-state index contributed by atoms with van der Waals surface area (Å²) in [6, 6.07) is -4.32. The summed E-state index contributed by atoms with van der Waals surface area (Å²) in [5.74, 6) is -3.63. The molecule has 0 aromatic rings. The molecule has 0 aliphatic carbocycles. The summed E-state index contributed by atoms with van der Waals surface area (Å²) in [6.45, 7) is 4.49. The average Bonchev–Trinajstić information content (AvgIpc) is 2.62. The van der Waals surface area contributed by atoms with Gasteiger partial charge in [-0.25, -0.2) is 4.79 Å². The average molecular weight is 403 g/mol. The molecule has 11 nitrogen and oxygen atoms in total. The van der Waals surface area contributed by atoms with Crippen molar-refractivity contribution in [1.29, 1.82) is 0 Å². The van der Waals surface area contributed by atoms with Crippen molar-refractivity contribution in [2.45, 2.75) is 64.2 Å². The van der Waals surface area contributed by atoms with Gasteiger partial charge in [0.15, 0.2) is 0 Å². The van der Waals surface area contributed by atoms with Gasteiger partial charge in [-0.3, -0.25) is 14.4 Å². The lowest BCUT2D eigenvalue weighted by atomic mass is 10.0. The van der Waals surface area contributed by atoms with Crippen LogP contribution in [0.25, 0.3) is 0 Å². The fraction of sp³-hybridized carbons (Fsp3) is 0.765. The molecule has 0 saturated heterocycles. The molecular formula is C17H33N5O6. The van der Waals surface area contributed by atoms with Crippen LogP contribution < -0.4 is 27.4 Å². The van der Waals surface area contributed by atoms with E-state index in [-0.39, 0.29) is 12.3 Å². The van der Waals surface area contributed by atoms with E-state index in [9.17, 15) is 29.4 Å². The number of carbonyl (C=O) groups is 4. The number of aliphatic carboxylic acids is 1. The third-order valence-corrected chi connectivity index (χ3v) is 4.04. The lowest BCUT2D eigenvalue weighted by Crippen LogP contribution is -2.59. The highest BCUT2D eigenvalue weighted by atomic mass is 16.4. The van der Waals surface area contributed by atoms with E-state index >= 15 is 0 Å². The van der Waals surface area contributed by atoms with E-state index < -0.39 is 54.5 Å². The Balaban J connectivity index is 5.07. The van der Waals surface area contributed by atoms with Crippen LogP contribution in [0.4, 0.5) is 0 Å². The number of carbonyl (C=O) groups excluding carboxylic acids is 3. The van der Waals surface area contributed by atoms with Gasteiger partial charge in [-0.05, 0) is 38.6 Å². The van der Waals surface area contributed by atoms with Gasteiger partial charge in [0.2, 0.25) is 17.7 Å². The Morgan fingerprint density at radius 2 is 1.46 bits per heavy atom. The van der Waals surface area contributed by atoms with E-state index in [1.54, 1.807) is 13.8 Å². The largest absolute Gasteiger partial charge is 0.480 e. The first kappa shape index (κ1) is 25.8. The molecule has 0 heterocycles. The maximum absolute atomic E-state index is 12.5. The van der Waals surface area contributed by atoms with Gasteiger partial charge in [-0.2, -0.15) is 0 Å². The summed E-state index contributed by atoms with van der Waals surface area (Å²) < 4.78 is 0. The molecule has 0 aliphatic heterocycles. The molecule has 162 valence electrons. The molecule has 0 aromatic carbocycles. The first-order chi connectivity index (χ1) is 13.0. The second-order valence-electron chi connectivity index (χ2n) is 6.95. The molecule has 0 bridgehead atoms. The molecule has 0 spiro atoms. The predicted octanol–water partition coefficient (Wildman–Crippen LogP) is -2.35. The minimum atomic E-state index is -1.28. The SMILES string of the molecule is CC(N)C(=O)NC(CO)C(=O)NC(C(=O)NC(CCCCN)C(=O)O)C(C)C. The van der Waals surface area contributed by atoms with Gasteiger partial charge >= 0.3 is 5.97 Å². The number of hydrogen-bond acceptors (Lipinski definition) is 7. The van der Waals surface area contributed by atoms with Crippen LogP contribution >= 0.6 is 0 Å². The lowest BCUT2D eigenvalue weighted by molar-refractivity contribution is -0.143. The summed E-state index contributed by atoms with van der Waals surface area (Å²) in [7, 11) is 0. The van der Waals surface area contributed by atoms with Gasteiger partial charge in [0.1, 0.15) is 18.1 Å². The summed E-state index contributed by atoms with van der Waals surface area (Å²) in [5, 5.41) is 25.8. The van der Waals surface area contributed by atoms with Gasteiger partial charge < -0.3 is 37.6 Å². The first-order valence-electron chi connectivity index (χ1n) is 9.25. The van der Waals surface area contributed by atoms with Crippen molar-refractivity contribution in [2.75, 3.05) is 13.2 Å². The summed E-state index contributed by atoms with van der Waals surface area (Å²) in [4.78, 5) is 47.9. The maximum atomic E-state index is 12.5. The van der Waals surface area contributed by atoms with Crippen LogP contribution in [0.15, 0.2) is 0 Å². The fourth-order valence-corrected chi connectivity index (χ4v) is 2.30. The van der Waals surface area contributed by atoms with Crippen LogP contribution in [0.3, 0.4) is 0 Å². The van der Waals surface area contributed by atoms with E-state index in [0.717, 1.165) is 0 Å². The Kier molecular flexibility index (Phi) is 12.0.